The molecule has 0 aromatic carbocycles. The summed E-state index contributed by atoms with van der Waals surface area (Å²) < 4.78 is 62.1. The molecule has 0 saturated heterocycles. The Hall–Kier alpha value is -1.13. The van der Waals surface area contributed by atoms with Gasteiger partial charge in [-0.15, -0.1) is 0 Å². The van der Waals surface area contributed by atoms with Crippen LogP contribution in [0.25, 0.3) is 0 Å². The summed E-state index contributed by atoms with van der Waals surface area (Å²) in [6.45, 7) is 8.62. The van der Waals surface area contributed by atoms with Crippen LogP contribution < -0.4 is 0 Å². The smallest absolute Gasteiger partial charge is 0.432 e. The normalized spacial score (nSPS) is 11.2. The molecule has 0 aromatic heterocycles. The molecule has 0 aromatic rings. The maximum atomic E-state index is 11.4. The van der Waals surface area contributed by atoms with Gasteiger partial charge in [0.25, 0.3) is 0 Å². The van der Waals surface area contributed by atoms with Crippen LogP contribution in [0.1, 0.15) is 0 Å². The van der Waals surface area contributed by atoms with Crippen LogP contribution in [-0.2, 0) is 56.8 Å². The van der Waals surface area contributed by atoms with Gasteiger partial charge < -0.3 is 56.8 Å². The van der Waals surface area contributed by atoms with Crippen molar-refractivity contribution in [3.05, 3.63) is 0 Å². The molecule has 0 rings (SSSR count). The number of ether oxygens (including phenoxy) is 12. The van der Waals surface area contributed by atoms with Gasteiger partial charge in [-0.2, -0.15) is 0 Å². The van der Waals surface area contributed by atoms with E-state index in [-0.39, 0.29) is 26.4 Å². The van der Waals surface area contributed by atoms with E-state index in [4.69, 9.17) is 56.8 Å². The van der Waals surface area contributed by atoms with Gasteiger partial charge >= 0.3 is 6.16 Å². The first-order valence-electron chi connectivity index (χ1n) is 12.2. The minimum atomic E-state index is -0.763. The zero-order chi connectivity index (χ0) is 26.2. The predicted molar refractivity (Wildman–Crippen MR) is 128 cm³/mol. The molecule has 0 unspecified atom stereocenters. The van der Waals surface area contributed by atoms with Crippen molar-refractivity contribution in [3.63, 3.8) is 0 Å². The highest BCUT2D eigenvalue weighted by Gasteiger charge is 2.03. The lowest BCUT2D eigenvalue weighted by Crippen LogP contribution is -2.17. The van der Waals surface area contributed by atoms with Gasteiger partial charge in [-0.1, -0.05) is 0 Å². The van der Waals surface area contributed by atoms with Crippen LogP contribution >= 0.6 is 0 Å². The summed E-state index contributed by atoms with van der Waals surface area (Å²) in [5.41, 5.74) is 0. The van der Waals surface area contributed by atoms with E-state index in [2.05, 4.69) is 0 Å². The molecule has 0 bridgehead atoms. The average molecular weight is 531 g/mol. The summed E-state index contributed by atoms with van der Waals surface area (Å²) >= 11 is 0. The van der Waals surface area contributed by atoms with Crippen molar-refractivity contribution in [3.8, 4) is 0 Å². The molecule has 0 radical (unpaired) electrons. The van der Waals surface area contributed by atoms with Crippen molar-refractivity contribution >= 4 is 6.16 Å². The van der Waals surface area contributed by atoms with Gasteiger partial charge in [0.1, 0.15) is 13.2 Å². The topological polar surface area (TPSA) is 128 Å². The molecule has 36 heavy (non-hydrogen) atoms. The Labute approximate surface area is 214 Å². The lowest BCUT2D eigenvalue weighted by atomic mass is 10.7. The van der Waals surface area contributed by atoms with Crippen molar-refractivity contribution in [2.75, 3.05) is 146 Å². The van der Waals surface area contributed by atoms with Gasteiger partial charge in [0, 0.05) is 14.2 Å². The number of hydrogen-bond acceptors (Lipinski definition) is 13. The average Bonchev–Trinajstić information content (AvgIpc) is 2.88. The Balaban J connectivity index is 3.14. The molecule has 0 spiro atoms. The summed E-state index contributed by atoms with van der Waals surface area (Å²) in [5.74, 6) is 0. The Morgan fingerprint density at radius 2 is 0.528 bits per heavy atom. The Kier molecular flexibility index (Phi) is 30.9. The summed E-state index contributed by atoms with van der Waals surface area (Å²) in [6.07, 6.45) is -0.763. The van der Waals surface area contributed by atoms with Gasteiger partial charge in [0.05, 0.1) is 119 Å². The van der Waals surface area contributed by atoms with Crippen molar-refractivity contribution in [2.45, 2.75) is 0 Å². The second kappa shape index (κ2) is 31.9. The molecule has 0 aliphatic rings. The highest BCUT2D eigenvalue weighted by Crippen LogP contribution is 1.89. The minimum absolute atomic E-state index is 0.0983. The standard InChI is InChI=1S/C23H46O13/c1-25-3-5-27-7-9-29-11-13-31-15-17-33-19-21-35-23(24)36-22-20-34-18-16-32-14-12-30-10-8-28-6-4-26-2/h3-22H2,1-2H3. The molecule has 0 amide bonds. The first-order chi connectivity index (χ1) is 17.8. The van der Waals surface area contributed by atoms with Crippen molar-refractivity contribution in [1.82, 2.24) is 0 Å². The zero-order valence-corrected chi connectivity index (χ0v) is 21.9. The van der Waals surface area contributed by atoms with Crippen LogP contribution in [0.5, 0.6) is 0 Å². The van der Waals surface area contributed by atoms with E-state index in [0.717, 1.165) is 0 Å². The van der Waals surface area contributed by atoms with Crippen LogP contribution in [0.2, 0.25) is 0 Å². The second-order valence-corrected chi connectivity index (χ2v) is 6.83. The van der Waals surface area contributed by atoms with Crippen LogP contribution in [-0.4, -0.2) is 153 Å². The summed E-state index contributed by atoms with van der Waals surface area (Å²) in [5, 5.41) is 0. The summed E-state index contributed by atoms with van der Waals surface area (Å²) in [7, 11) is 3.26. The quantitative estimate of drug-likeness (QED) is 0.0949. The SMILES string of the molecule is COCCOCCOCCOCCOCCOC(=O)OCCOCCOCCOCCOCCOC. The van der Waals surface area contributed by atoms with E-state index in [9.17, 15) is 4.79 Å². The van der Waals surface area contributed by atoms with Crippen molar-refractivity contribution in [1.29, 1.82) is 0 Å². The molecule has 216 valence electrons. The highest BCUT2D eigenvalue weighted by atomic mass is 16.7. The maximum absolute atomic E-state index is 11.4. The minimum Gasteiger partial charge on any atom is -0.432 e. The number of hydrogen-bond donors (Lipinski definition) is 0. The van der Waals surface area contributed by atoms with Gasteiger partial charge in [0.15, 0.2) is 0 Å². The van der Waals surface area contributed by atoms with E-state index in [1.54, 1.807) is 14.2 Å². The zero-order valence-electron chi connectivity index (χ0n) is 21.9. The van der Waals surface area contributed by atoms with Crippen molar-refractivity contribution < 1.29 is 61.6 Å². The molecule has 13 heteroatoms. The Bertz CT molecular complexity index is 393. The first-order valence-corrected chi connectivity index (χ1v) is 12.2. The molecule has 0 heterocycles. The van der Waals surface area contributed by atoms with Crippen LogP contribution in [0, 0.1) is 0 Å². The third-order valence-corrected chi connectivity index (χ3v) is 3.99. The van der Waals surface area contributed by atoms with E-state index in [1.807, 2.05) is 0 Å². The van der Waals surface area contributed by atoms with Gasteiger partial charge in [-0.05, 0) is 0 Å². The fourth-order valence-electron chi connectivity index (χ4n) is 2.22. The van der Waals surface area contributed by atoms with Gasteiger partial charge in [-0.3, -0.25) is 0 Å². The molecule has 0 saturated carbocycles. The highest BCUT2D eigenvalue weighted by molar-refractivity contribution is 5.59. The lowest BCUT2D eigenvalue weighted by molar-refractivity contribution is -0.0214. The van der Waals surface area contributed by atoms with Crippen molar-refractivity contribution in [2.24, 2.45) is 0 Å². The maximum Gasteiger partial charge on any atom is 0.508 e. The number of rotatable bonds is 30. The van der Waals surface area contributed by atoms with Gasteiger partial charge in [0.2, 0.25) is 0 Å². The molecular formula is C23H46O13. The fraction of sp³-hybridized carbons (Fsp3) is 0.957. The predicted octanol–water partition coefficient (Wildman–Crippen LogP) is 0.565. The molecule has 0 fully saturated rings. The van der Waals surface area contributed by atoms with E-state index < -0.39 is 6.16 Å². The molecule has 0 aliphatic carbocycles. The lowest BCUT2D eigenvalue weighted by Gasteiger charge is -2.09. The largest absolute Gasteiger partial charge is 0.508 e. The van der Waals surface area contributed by atoms with Crippen LogP contribution in [0.4, 0.5) is 4.79 Å². The van der Waals surface area contributed by atoms with Crippen LogP contribution in [0.3, 0.4) is 0 Å². The third-order valence-electron chi connectivity index (χ3n) is 3.99. The number of methoxy groups -OCH3 is 2. The second-order valence-electron chi connectivity index (χ2n) is 6.83. The molecule has 13 nitrogen and oxygen atoms in total. The molecule has 0 aliphatic heterocycles. The molecule has 0 N–H and O–H groups in total. The number of carbonyl (C=O) groups is 1. The van der Waals surface area contributed by atoms with Crippen LogP contribution in [0.15, 0.2) is 0 Å². The summed E-state index contributed by atoms with van der Waals surface area (Å²) in [4.78, 5) is 11.4. The van der Waals surface area contributed by atoms with Gasteiger partial charge in [-0.25, -0.2) is 4.79 Å². The third kappa shape index (κ3) is 30.9. The van der Waals surface area contributed by atoms with E-state index in [1.165, 1.54) is 0 Å². The van der Waals surface area contributed by atoms with E-state index in [0.29, 0.717) is 106 Å². The summed E-state index contributed by atoms with van der Waals surface area (Å²) in [6, 6.07) is 0. The number of carbonyl (C=O) groups excluding carboxylic acids is 1. The Morgan fingerprint density at radius 3 is 0.750 bits per heavy atom. The first kappa shape index (κ1) is 34.9. The molecular weight excluding hydrogens is 484 g/mol. The monoisotopic (exact) mass is 530 g/mol. The molecule has 0 atom stereocenters. The van der Waals surface area contributed by atoms with E-state index >= 15 is 0 Å². The Morgan fingerprint density at radius 1 is 0.333 bits per heavy atom. The fourth-order valence-corrected chi connectivity index (χ4v) is 2.22.